The molecule has 0 spiro atoms. The molecule has 1 aliphatic rings. The van der Waals surface area contributed by atoms with Gasteiger partial charge in [0.25, 0.3) is 5.56 Å². The van der Waals surface area contributed by atoms with Crippen molar-refractivity contribution in [1.29, 1.82) is 0 Å². The maximum Gasteiger partial charge on any atom is 0.337 e. The van der Waals surface area contributed by atoms with Crippen LogP contribution < -0.4 is 11.2 Å². The van der Waals surface area contributed by atoms with Crippen LogP contribution in [0.4, 0.5) is 0 Å². The number of carbonyl (C=O) groups is 2. The molecule has 0 atom stereocenters. The van der Waals surface area contributed by atoms with Crippen LogP contribution in [0.3, 0.4) is 0 Å². The van der Waals surface area contributed by atoms with Crippen LogP contribution in [0.1, 0.15) is 21.6 Å². The van der Waals surface area contributed by atoms with Crippen LogP contribution in [-0.2, 0) is 29.0 Å². The van der Waals surface area contributed by atoms with Crippen molar-refractivity contribution in [2.24, 2.45) is 0 Å². The van der Waals surface area contributed by atoms with E-state index in [2.05, 4.69) is 9.97 Å². The SMILES string of the molecule is COC(=O)c1ccc2[nH]c3c(c2c1)CN(C(=O)Cn1c(=O)[nH]c(=O)c2ccccc21)CC3. The van der Waals surface area contributed by atoms with Gasteiger partial charge in [-0.15, -0.1) is 0 Å². The second-order valence-corrected chi connectivity index (χ2v) is 7.76. The molecule has 1 amide bonds. The number of hydrogen-bond acceptors (Lipinski definition) is 5. The predicted molar refractivity (Wildman–Crippen MR) is 118 cm³/mol. The fourth-order valence-electron chi connectivity index (χ4n) is 4.31. The number of methoxy groups -OCH3 is 1. The normalized spacial score (nSPS) is 13.3. The summed E-state index contributed by atoms with van der Waals surface area (Å²) in [6.07, 6.45) is 0.630. The van der Waals surface area contributed by atoms with Crippen LogP contribution >= 0.6 is 0 Å². The van der Waals surface area contributed by atoms with Gasteiger partial charge in [0.15, 0.2) is 0 Å². The maximum absolute atomic E-state index is 13.1. The largest absolute Gasteiger partial charge is 0.465 e. The Labute approximate surface area is 181 Å². The van der Waals surface area contributed by atoms with Gasteiger partial charge in [-0.1, -0.05) is 12.1 Å². The van der Waals surface area contributed by atoms with Crippen molar-refractivity contribution in [1.82, 2.24) is 19.4 Å². The number of nitrogens with zero attached hydrogens (tertiary/aromatic N) is 2. The monoisotopic (exact) mass is 432 g/mol. The van der Waals surface area contributed by atoms with E-state index in [0.29, 0.717) is 36.0 Å². The van der Waals surface area contributed by atoms with Crippen LogP contribution in [0, 0.1) is 0 Å². The number of aromatic nitrogens is 3. The first-order chi connectivity index (χ1) is 15.5. The summed E-state index contributed by atoms with van der Waals surface area (Å²) in [6.45, 7) is 0.675. The van der Waals surface area contributed by atoms with Crippen LogP contribution in [0.25, 0.3) is 21.8 Å². The van der Waals surface area contributed by atoms with Gasteiger partial charge in [-0.3, -0.25) is 19.1 Å². The van der Waals surface area contributed by atoms with Crippen LogP contribution in [0.15, 0.2) is 52.1 Å². The van der Waals surface area contributed by atoms with Crippen molar-refractivity contribution in [3.05, 3.63) is 80.1 Å². The third-order valence-corrected chi connectivity index (χ3v) is 5.95. The third kappa shape index (κ3) is 3.18. The molecule has 0 unspecified atom stereocenters. The number of rotatable bonds is 3. The van der Waals surface area contributed by atoms with Crippen LogP contribution in [0.2, 0.25) is 0 Å². The molecule has 4 aromatic rings. The number of carbonyl (C=O) groups excluding carboxylic acids is 2. The molecule has 0 saturated heterocycles. The first kappa shape index (κ1) is 19.8. The molecular formula is C23H20N4O5. The molecule has 162 valence electrons. The lowest BCUT2D eigenvalue weighted by molar-refractivity contribution is -0.132. The summed E-state index contributed by atoms with van der Waals surface area (Å²) in [6, 6.07) is 12.0. The number of para-hydroxylation sites is 1. The molecule has 5 rings (SSSR count). The number of ether oxygens (including phenoxy) is 1. The standard InChI is InChI=1S/C23H20N4O5/c1-32-22(30)13-6-7-17-15(10-13)16-11-26(9-8-18(16)24-17)20(28)12-27-19-5-3-2-4-14(19)21(29)25-23(27)31/h2-7,10,24H,8-9,11-12H2,1H3,(H,25,29,31). The van der Waals surface area contributed by atoms with E-state index in [-0.39, 0.29) is 12.5 Å². The number of fused-ring (bicyclic) bond motifs is 4. The average Bonchev–Trinajstić information content (AvgIpc) is 3.18. The molecule has 3 heterocycles. The van der Waals surface area contributed by atoms with Gasteiger partial charge in [-0.2, -0.15) is 0 Å². The number of esters is 1. The Morgan fingerprint density at radius 3 is 2.69 bits per heavy atom. The minimum atomic E-state index is -0.616. The molecule has 0 saturated carbocycles. The molecule has 0 fully saturated rings. The molecule has 0 bridgehead atoms. The second kappa shape index (κ2) is 7.52. The Kier molecular flexibility index (Phi) is 4.66. The molecule has 2 aromatic carbocycles. The van der Waals surface area contributed by atoms with Crippen LogP contribution in [-0.4, -0.2) is 45.0 Å². The van der Waals surface area contributed by atoms with E-state index in [9.17, 15) is 19.2 Å². The maximum atomic E-state index is 13.1. The van der Waals surface area contributed by atoms with E-state index >= 15 is 0 Å². The van der Waals surface area contributed by atoms with Crippen LogP contribution in [0.5, 0.6) is 0 Å². The molecule has 0 radical (unpaired) electrons. The van der Waals surface area contributed by atoms with E-state index in [1.807, 2.05) is 6.07 Å². The quantitative estimate of drug-likeness (QED) is 0.476. The summed E-state index contributed by atoms with van der Waals surface area (Å²) >= 11 is 0. The highest BCUT2D eigenvalue weighted by Crippen LogP contribution is 2.29. The lowest BCUT2D eigenvalue weighted by Crippen LogP contribution is -2.41. The zero-order valence-electron chi connectivity index (χ0n) is 17.3. The van der Waals surface area contributed by atoms with Crippen molar-refractivity contribution in [2.45, 2.75) is 19.5 Å². The van der Waals surface area contributed by atoms with Gasteiger partial charge in [-0.05, 0) is 30.3 Å². The second-order valence-electron chi connectivity index (χ2n) is 7.76. The highest BCUT2D eigenvalue weighted by molar-refractivity contribution is 5.96. The van der Waals surface area contributed by atoms with Crippen molar-refractivity contribution >= 4 is 33.7 Å². The highest BCUT2D eigenvalue weighted by atomic mass is 16.5. The Morgan fingerprint density at radius 1 is 1.06 bits per heavy atom. The minimum Gasteiger partial charge on any atom is -0.465 e. The van der Waals surface area contributed by atoms with Gasteiger partial charge in [0, 0.05) is 41.7 Å². The van der Waals surface area contributed by atoms with Gasteiger partial charge in [-0.25, -0.2) is 9.59 Å². The van der Waals surface area contributed by atoms with E-state index < -0.39 is 17.2 Å². The van der Waals surface area contributed by atoms with Gasteiger partial charge in [0.1, 0.15) is 6.54 Å². The summed E-state index contributed by atoms with van der Waals surface area (Å²) in [5.74, 6) is -0.650. The van der Waals surface area contributed by atoms with Crippen molar-refractivity contribution < 1.29 is 14.3 Å². The summed E-state index contributed by atoms with van der Waals surface area (Å²) < 4.78 is 6.11. The zero-order valence-corrected chi connectivity index (χ0v) is 17.3. The Bertz CT molecular complexity index is 1510. The summed E-state index contributed by atoms with van der Waals surface area (Å²) in [7, 11) is 1.34. The van der Waals surface area contributed by atoms with Crippen molar-refractivity contribution in [3.8, 4) is 0 Å². The van der Waals surface area contributed by atoms with E-state index in [1.54, 1.807) is 41.3 Å². The van der Waals surface area contributed by atoms with Crippen molar-refractivity contribution in [3.63, 3.8) is 0 Å². The van der Waals surface area contributed by atoms with Gasteiger partial charge in [0.2, 0.25) is 5.91 Å². The van der Waals surface area contributed by atoms with Gasteiger partial charge < -0.3 is 14.6 Å². The molecule has 9 nitrogen and oxygen atoms in total. The minimum absolute atomic E-state index is 0.179. The Morgan fingerprint density at radius 2 is 1.88 bits per heavy atom. The smallest absolute Gasteiger partial charge is 0.337 e. The first-order valence-electron chi connectivity index (χ1n) is 10.2. The number of benzene rings is 2. The Hall–Kier alpha value is -4.14. The number of aromatic amines is 2. The molecule has 32 heavy (non-hydrogen) atoms. The van der Waals surface area contributed by atoms with Crippen molar-refractivity contribution in [2.75, 3.05) is 13.7 Å². The average molecular weight is 432 g/mol. The number of H-pyrrole nitrogens is 2. The zero-order chi connectivity index (χ0) is 22.4. The third-order valence-electron chi connectivity index (χ3n) is 5.95. The topological polar surface area (TPSA) is 117 Å². The lowest BCUT2D eigenvalue weighted by Gasteiger charge is -2.27. The highest BCUT2D eigenvalue weighted by Gasteiger charge is 2.25. The van der Waals surface area contributed by atoms with Gasteiger partial charge in [0.05, 0.1) is 23.6 Å². The molecule has 1 aliphatic heterocycles. The number of amides is 1. The molecule has 0 aliphatic carbocycles. The van der Waals surface area contributed by atoms with Gasteiger partial charge >= 0.3 is 11.7 Å². The molecule has 2 N–H and O–H groups in total. The summed E-state index contributed by atoms with van der Waals surface area (Å²) in [4.78, 5) is 56.9. The van der Waals surface area contributed by atoms with E-state index in [4.69, 9.17) is 4.74 Å². The number of hydrogen-bond donors (Lipinski definition) is 2. The lowest BCUT2D eigenvalue weighted by atomic mass is 10.0. The first-order valence-corrected chi connectivity index (χ1v) is 10.2. The molecular weight excluding hydrogens is 412 g/mol. The summed E-state index contributed by atoms with van der Waals surface area (Å²) in [5, 5.41) is 1.22. The fraction of sp³-hybridized carbons (Fsp3) is 0.217. The molecule has 9 heteroatoms. The molecule has 2 aromatic heterocycles. The number of nitrogens with one attached hydrogen (secondary N) is 2. The summed E-state index contributed by atoms with van der Waals surface area (Å²) in [5.41, 5.74) is 2.63. The van der Waals surface area contributed by atoms with E-state index in [0.717, 1.165) is 22.2 Å². The fourth-order valence-corrected chi connectivity index (χ4v) is 4.31. The Balaban J connectivity index is 1.47. The van der Waals surface area contributed by atoms with E-state index in [1.165, 1.54) is 11.7 Å². The predicted octanol–water partition coefficient (Wildman–Crippen LogP) is 1.54.